The topological polar surface area (TPSA) is 69.6 Å². The summed E-state index contributed by atoms with van der Waals surface area (Å²) in [6, 6.07) is 7.37. The van der Waals surface area contributed by atoms with Crippen molar-refractivity contribution in [2.45, 2.75) is 18.3 Å². The Morgan fingerprint density at radius 2 is 2.22 bits per heavy atom. The van der Waals surface area contributed by atoms with E-state index in [1.165, 1.54) is 6.92 Å². The van der Waals surface area contributed by atoms with Gasteiger partial charge in [0, 0.05) is 17.9 Å². The minimum Gasteiger partial charge on any atom is -0.393 e. The van der Waals surface area contributed by atoms with Gasteiger partial charge in [-0.25, -0.2) is 0 Å². The molecule has 3 N–H and O–H groups in total. The summed E-state index contributed by atoms with van der Waals surface area (Å²) in [5.74, 6) is 0.613. The predicted octanol–water partition coefficient (Wildman–Crippen LogP) is 1.02. The number of amides is 1. The largest absolute Gasteiger partial charge is 0.393 e. The molecular weight excluding hydrogens is 250 g/mol. The molecule has 0 aromatic heterocycles. The molecule has 1 atom stereocenters. The maximum absolute atomic E-state index is 11.9. The van der Waals surface area contributed by atoms with E-state index in [1.54, 1.807) is 17.8 Å². The number of carbonyl (C=O) groups excluding carboxylic acids is 1. The number of thioether (sulfide) groups is 1. The molecule has 1 aromatic carbocycles. The summed E-state index contributed by atoms with van der Waals surface area (Å²) < 4.78 is 0. The highest BCUT2D eigenvalue weighted by atomic mass is 32.2. The number of hydrogen-bond donors (Lipinski definition) is 3. The van der Waals surface area contributed by atoms with E-state index in [1.807, 2.05) is 24.5 Å². The Bertz CT molecular complexity index is 407. The summed E-state index contributed by atoms with van der Waals surface area (Å²) >= 11 is 1.69. The molecule has 1 rings (SSSR count). The molecule has 0 aliphatic heterocycles. The standard InChI is InChI=1S/C13H19NO3S/c1-13(17,9-15)8-14-12(16)11-5-3-4-10(6-11)7-18-2/h3-6,15,17H,7-9H2,1-2H3,(H,14,16). The van der Waals surface area contributed by atoms with E-state index in [-0.39, 0.29) is 19.1 Å². The van der Waals surface area contributed by atoms with Crippen LogP contribution in [0.2, 0.25) is 0 Å². The maximum atomic E-state index is 11.9. The third-order valence-electron chi connectivity index (χ3n) is 2.47. The fraction of sp³-hybridized carbons (Fsp3) is 0.462. The number of rotatable bonds is 6. The third kappa shape index (κ3) is 4.68. The first kappa shape index (κ1) is 15.0. The highest BCUT2D eigenvalue weighted by molar-refractivity contribution is 7.97. The van der Waals surface area contributed by atoms with Gasteiger partial charge >= 0.3 is 0 Å². The van der Waals surface area contributed by atoms with Crippen molar-refractivity contribution in [3.05, 3.63) is 35.4 Å². The van der Waals surface area contributed by atoms with E-state index < -0.39 is 5.60 Å². The van der Waals surface area contributed by atoms with Crippen molar-refractivity contribution in [2.24, 2.45) is 0 Å². The Labute approximate surface area is 111 Å². The van der Waals surface area contributed by atoms with Gasteiger partial charge in [0.1, 0.15) is 5.60 Å². The molecule has 4 nitrogen and oxygen atoms in total. The van der Waals surface area contributed by atoms with Crippen molar-refractivity contribution in [3.63, 3.8) is 0 Å². The van der Waals surface area contributed by atoms with Crippen LogP contribution in [-0.4, -0.2) is 41.1 Å². The Balaban J connectivity index is 2.64. The molecule has 0 aliphatic carbocycles. The zero-order chi connectivity index (χ0) is 13.6. The first-order chi connectivity index (χ1) is 8.48. The van der Waals surface area contributed by atoms with E-state index in [2.05, 4.69) is 5.32 Å². The number of carbonyl (C=O) groups is 1. The second-order valence-electron chi connectivity index (χ2n) is 4.47. The summed E-state index contributed by atoms with van der Waals surface area (Å²) in [7, 11) is 0. The lowest BCUT2D eigenvalue weighted by atomic mass is 10.1. The van der Waals surface area contributed by atoms with Crippen LogP contribution >= 0.6 is 11.8 Å². The van der Waals surface area contributed by atoms with Crippen LogP contribution in [0, 0.1) is 0 Å². The van der Waals surface area contributed by atoms with Gasteiger partial charge in [0.05, 0.1) is 6.61 Å². The zero-order valence-electron chi connectivity index (χ0n) is 10.6. The monoisotopic (exact) mass is 269 g/mol. The van der Waals surface area contributed by atoms with Crippen molar-refractivity contribution < 1.29 is 15.0 Å². The van der Waals surface area contributed by atoms with Crippen LogP contribution < -0.4 is 5.32 Å². The van der Waals surface area contributed by atoms with Crippen LogP contribution in [-0.2, 0) is 5.75 Å². The molecule has 18 heavy (non-hydrogen) atoms. The lowest BCUT2D eigenvalue weighted by Crippen LogP contribution is -2.43. The average Bonchev–Trinajstić information content (AvgIpc) is 2.37. The molecule has 0 aliphatic rings. The molecule has 0 radical (unpaired) electrons. The highest BCUT2D eigenvalue weighted by Gasteiger charge is 2.20. The first-order valence-electron chi connectivity index (χ1n) is 5.68. The van der Waals surface area contributed by atoms with Crippen LogP contribution in [0.5, 0.6) is 0 Å². The Morgan fingerprint density at radius 1 is 1.50 bits per heavy atom. The van der Waals surface area contributed by atoms with Gasteiger partial charge in [-0.2, -0.15) is 11.8 Å². The molecule has 0 saturated heterocycles. The van der Waals surface area contributed by atoms with Gasteiger partial charge in [0.2, 0.25) is 0 Å². The van der Waals surface area contributed by atoms with Crippen LogP contribution in [0.15, 0.2) is 24.3 Å². The predicted molar refractivity (Wildman–Crippen MR) is 73.7 cm³/mol. The van der Waals surface area contributed by atoms with Crippen LogP contribution in [0.3, 0.4) is 0 Å². The summed E-state index contributed by atoms with van der Waals surface area (Å²) in [6.45, 7) is 1.10. The van der Waals surface area contributed by atoms with Gasteiger partial charge in [-0.3, -0.25) is 4.79 Å². The molecule has 100 valence electrons. The zero-order valence-corrected chi connectivity index (χ0v) is 11.5. The fourth-order valence-corrected chi connectivity index (χ4v) is 1.91. The van der Waals surface area contributed by atoms with E-state index in [0.717, 1.165) is 11.3 Å². The SMILES string of the molecule is CSCc1cccc(C(=O)NCC(C)(O)CO)c1. The van der Waals surface area contributed by atoms with Gasteiger partial charge in [0.25, 0.3) is 5.91 Å². The van der Waals surface area contributed by atoms with Crippen molar-refractivity contribution in [1.82, 2.24) is 5.32 Å². The normalized spacial score (nSPS) is 14.0. The lowest BCUT2D eigenvalue weighted by Gasteiger charge is -2.20. The molecule has 0 fully saturated rings. The molecule has 0 bridgehead atoms. The van der Waals surface area contributed by atoms with Gasteiger partial charge in [-0.05, 0) is 30.9 Å². The fourth-order valence-electron chi connectivity index (χ4n) is 1.40. The molecule has 0 heterocycles. The van der Waals surface area contributed by atoms with Crippen LogP contribution in [0.1, 0.15) is 22.8 Å². The highest BCUT2D eigenvalue weighted by Crippen LogP contribution is 2.11. The molecule has 0 saturated carbocycles. The van der Waals surface area contributed by atoms with Gasteiger partial charge in [0.15, 0.2) is 0 Å². The molecule has 5 heteroatoms. The summed E-state index contributed by atoms with van der Waals surface area (Å²) in [4.78, 5) is 11.9. The number of aliphatic hydroxyl groups is 2. The first-order valence-corrected chi connectivity index (χ1v) is 7.07. The van der Waals surface area contributed by atoms with Crippen LogP contribution in [0.4, 0.5) is 0 Å². The number of hydrogen-bond acceptors (Lipinski definition) is 4. The van der Waals surface area contributed by atoms with E-state index in [4.69, 9.17) is 5.11 Å². The molecule has 0 spiro atoms. The molecule has 1 amide bonds. The van der Waals surface area contributed by atoms with E-state index in [0.29, 0.717) is 5.56 Å². The average molecular weight is 269 g/mol. The van der Waals surface area contributed by atoms with Crippen molar-refractivity contribution in [3.8, 4) is 0 Å². The maximum Gasteiger partial charge on any atom is 0.251 e. The number of aliphatic hydroxyl groups excluding tert-OH is 1. The summed E-state index contributed by atoms with van der Waals surface area (Å²) in [5, 5.41) is 21.1. The van der Waals surface area contributed by atoms with Gasteiger partial charge in [-0.15, -0.1) is 0 Å². The Hall–Kier alpha value is -1.04. The number of nitrogens with one attached hydrogen (secondary N) is 1. The number of benzene rings is 1. The van der Waals surface area contributed by atoms with E-state index in [9.17, 15) is 9.90 Å². The van der Waals surface area contributed by atoms with Gasteiger partial charge in [-0.1, -0.05) is 12.1 Å². The molecule has 1 unspecified atom stereocenters. The minimum atomic E-state index is -1.29. The third-order valence-corrected chi connectivity index (χ3v) is 3.09. The second-order valence-corrected chi connectivity index (χ2v) is 5.34. The van der Waals surface area contributed by atoms with Crippen molar-refractivity contribution in [1.29, 1.82) is 0 Å². The van der Waals surface area contributed by atoms with Crippen molar-refractivity contribution in [2.75, 3.05) is 19.4 Å². The smallest absolute Gasteiger partial charge is 0.251 e. The second kappa shape index (κ2) is 6.78. The quantitative estimate of drug-likeness (QED) is 0.721. The van der Waals surface area contributed by atoms with Crippen molar-refractivity contribution >= 4 is 17.7 Å². The Kier molecular flexibility index (Phi) is 5.65. The molecule has 1 aromatic rings. The van der Waals surface area contributed by atoms with Crippen LogP contribution in [0.25, 0.3) is 0 Å². The Morgan fingerprint density at radius 3 is 2.83 bits per heavy atom. The summed E-state index contributed by atoms with van der Waals surface area (Å²) in [6.07, 6.45) is 2.01. The lowest BCUT2D eigenvalue weighted by molar-refractivity contribution is 0.00320. The van der Waals surface area contributed by atoms with E-state index >= 15 is 0 Å². The van der Waals surface area contributed by atoms with Gasteiger partial charge < -0.3 is 15.5 Å². The molecular formula is C13H19NO3S. The summed E-state index contributed by atoms with van der Waals surface area (Å²) in [5.41, 5.74) is 0.367. The minimum absolute atomic E-state index is 0.0229.